The average Bonchev–Trinajstić information content (AvgIpc) is 3.09. The molecule has 0 aromatic carbocycles. The number of esters is 1. The molecule has 34 heavy (non-hydrogen) atoms. The van der Waals surface area contributed by atoms with Gasteiger partial charge in [0, 0.05) is 12.1 Å². The van der Waals surface area contributed by atoms with Crippen molar-refractivity contribution in [1.82, 2.24) is 9.80 Å². The van der Waals surface area contributed by atoms with Gasteiger partial charge in [-0.2, -0.15) is 0 Å². The Hall–Kier alpha value is -2.19. The highest BCUT2D eigenvalue weighted by Crippen LogP contribution is 2.54. The highest BCUT2D eigenvalue weighted by molar-refractivity contribution is 5.99. The van der Waals surface area contributed by atoms with Gasteiger partial charge in [-0.25, -0.2) is 0 Å². The Morgan fingerprint density at radius 2 is 1.85 bits per heavy atom. The van der Waals surface area contributed by atoms with Crippen LogP contribution in [0.15, 0.2) is 24.3 Å². The fourth-order valence-electron chi connectivity index (χ4n) is 6.55. The summed E-state index contributed by atoms with van der Waals surface area (Å²) in [5.41, 5.74) is -1.81. The van der Waals surface area contributed by atoms with Crippen molar-refractivity contribution in [2.75, 3.05) is 19.8 Å². The molecule has 1 unspecified atom stereocenters. The summed E-state index contributed by atoms with van der Waals surface area (Å²) in [6.07, 6.45) is 8.12. The van der Waals surface area contributed by atoms with E-state index in [0.717, 1.165) is 6.42 Å². The van der Waals surface area contributed by atoms with Gasteiger partial charge < -0.3 is 24.4 Å². The lowest BCUT2D eigenvalue weighted by Gasteiger charge is -2.45. The van der Waals surface area contributed by atoms with Crippen LogP contribution < -0.4 is 0 Å². The first kappa shape index (κ1) is 24.9. The van der Waals surface area contributed by atoms with Crippen LogP contribution in [0.4, 0.5) is 0 Å². The summed E-state index contributed by atoms with van der Waals surface area (Å²) in [7, 11) is 0. The van der Waals surface area contributed by atoms with Gasteiger partial charge in [0.05, 0.1) is 31.3 Å². The molecule has 2 fully saturated rings. The van der Waals surface area contributed by atoms with Gasteiger partial charge >= 0.3 is 5.97 Å². The quantitative estimate of drug-likeness (QED) is 0.495. The Morgan fingerprint density at radius 3 is 2.50 bits per heavy atom. The Bertz CT molecular complexity index is 919. The topological polar surface area (TPSA) is 96.4 Å². The van der Waals surface area contributed by atoms with E-state index in [-0.39, 0.29) is 30.4 Å². The number of carbonyl (C=O) groups is 3. The number of rotatable bonds is 4. The molecule has 0 aliphatic carbocycles. The highest BCUT2D eigenvalue weighted by atomic mass is 16.6. The third-order valence-electron chi connectivity index (χ3n) is 7.49. The first-order chi connectivity index (χ1) is 15.8. The third-order valence-corrected chi connectivity index (χ3v) is 7.49. The molecule has 4 heterocycles. The maximum atomic E-state index is 14.3. The van der Waals surface area contributed by atoms with Gasteiger partial charge in [0.25, 0.3) is 0 Å². The fraction of sp³-hybridized carbons (Fsp3) is 0.731. The van der Waals surface area contributed by atoms with Crippen LogP contribution in [0.5, 0.6) is 0 Å². The number of hydrogen-bond donors (Lipinski definition) is 1. The number of ether oxygens (including phenoxy) is 2. The zero-order valence-corrected chi connectivity index (χ0v) is 21.1. The standard InChI is InChI=1S/C26H38N2O6/c1-16(14-29)28-20-22(31)27(25(5,6)15-24(2,3)4)12-9-11-26(20)19(21(28)30)18-17(34-26)10-7-8-13-33-23(18)32/h7,9-11,16-20,29H,8,12-15H2,1-6H3/t16-,17+,18-,19+,20?,26+/m1/s1. The first-order valence-corrected chi connectivity index (χ1v) is 12.3. The van der Waals surface area contributed by atoms with Crippen LogP contribution in [0.1, 0.15) is 54.4 Å². The van der Waals surface area contributed by atoms with Gasteiger partial charge in [-0.15, -0.1) is 0 Å². The van der Waals surface area contributed by atoms with E-state index < -0.39 is 47.1 Å². The molecule has 0 radical (unpaired) electrons. The number of likely N-dealkylation sites (tertiary alicyclic amines) is 1. The van der Waals surface area contributed by atoms with Gasteiger partial charge in [-0.1, -0.05) is 45.1 Å². The summed E-state index contributed by atoms with van der Waals surface area (Å²) in [5.74, 6) is -2.77. The number of fused-ring (bicyclic) bond motifs is 2. The zero-order valence-electron chi connectivity index (χ0n) is 21.1. The van der Waals surface area contributed by atoms with E-state index in [1.807, 2.05) is 43.1 Å². The zero-order chi connectivity index (χ0) is 25.1. The minimum Gasteiger partial charge on any atom is -0.465 e. The average molecular weight is 475 g/mol. The molecule has 4 aliphatic rings. The lowest BCUT2D eigenvalue weighted by Crippen LogP contribution is -2.61. The largest absolute Gasteiger partial charge is 0.465 e. The van der Waals surface area contributed by atoms with Crippen LogP contribution in [0.25, 0.3) is 0 Å². The van der Waals surface area contributed by atoms with Crippen LogP contribution in [-0.2, 0) is 23.9 Å². The van der Waals surface area contributed by atoms with E-state index in [0.29, 0.717) is 13.0 Å². The van der Waals surface area contributed by atoms with Crippen LogP contribution in [0, 0.1) is 17.3 Å². The molecule has 1 spiro atoms. The van der Waals surface area contributed by atoms with Crippen molar-refractivity contribution in [2.24, 2.45) is 17.3 Å². The summed E-state index contributed by atoms with van der Waals surface area (Å²) < 4.78 is 12.0. The molecule has 0 aromatic rings. The number of aliphatic hydroxyl groups is 1. The molecule has 0 aromatic heterocycles. The monoisotopic (exact) mass is 474 g/mol. The van der Waals surface area contributed by atoms with Gasteiger partial charge in [-0.3, -0.25) is 14.4 Å². The molecule has 6 atom stereocenters. The summed E-state index contributed by atoms with van der Waals surface area (Å²) >= 11 is 0. The summed E-state index contributed by atoms with van der Waals surface area (Å²) in [4.78, 5) is 44.5. The Balaban J connectivity index is 1.83. The Labute approximate surface area is 201 Å². The maximum Gasteiger partial charge on any atom is 0.312 e. The predicted octanol–water partition coefficient (Wildman–Crippen LogP) is 2.06. The Kier molecular flexibility index (Phi) is 6.22. The van der Waals surface area contributed by atoms with Gasteiger partial charge in [-0.05, 0) is 39.0 Å². The smallest absolute Gasteiger partial charge is 0.312 e. The van der Waals surface area contributed by atoms with Gasteiger partial charge in [0.2, 0.25) is 11.8 Å². The number of nitrogens with zero attached hydrogens (tertiary/aromatic N) is 2. The summed E-state index contributed by atoms with van der Waals surface area (Å²) in [5, 5.41) is 9.99. The number of cyclic esters (lactones) is 1. The van der Waals surface area contributed by atoms with Gasteiger partial charge in [0.15, 0.2) is 0 Å². The van der Waals surface area contributed by atoms with Crippen LogP contribution >= 0.6 is 0 Å². The van der Waals surface area contributed by atoms with Crippen molar-refractivity contribution in [3.8, 4) is 0 Å². The number of carbonyl (C=O) groups excluding carboxylic acids is 3. The highest BCUT2D eigenvalue weighted by Gasteiger charge is 2.72. The Morgan fingerprint density at radius 1 is 1.15 bits per heavy atom. The van der Waals surface area contributed by atoms with Crippen LogP contribution in [0.2, 0.25) is 0 Å². The van der Waals surface area contributed by atoms with Gasteiger partial charge in [0.1, 0.15) is 17.6 Å². The molecule has 8 nitrogen and oxygen atoms in total. The number of amides is 2. The SMILES string of the molecule is C[C@H](CO)N1C(=O)[C@@H]2[C@@H]3C(=O)OCCC=C[C@@H]3O[C@@]23C=CCN(C(C)(C)CC(C)(C)C)C(=O)C13. The molecule has 0 saturated carbocycles. The lowest BCUT2D eigenvalue weighted by molar-refractivity contribution is -0.157. The van der Waals surface area contributed by atoms with Crippen molar-refractivity contribution >= 4 is 17.8 Å². The van der Waals surface area contributed by atoms with E-state index in [1.54, 1.807) is 6.92 Å². The van der Waals surface area contributed by atoms with E-state index in [2.05, 4.69) is 20.8 Å². The molecule has 4 rings (SSSR count). The molecule has 188 valence electrons. The predicted molar refractivity (Wildman–Crippen MR) is 125 cm³/mol. The summed E-state index contributed by atoms with van der Waals surface area (Å²) in [6.45, 7) is 12.5. The molecule has 2 amide bonds. The minimum atomic E-state index is -1.30. The molecule has 2 saturated heterocycles. The van der Waals surface area contributed by atoms with Crippen molar-refractivity contribution in [3.63, 3.8) is 0 Å². The van der Waals surface area contributed by atoms with Crippen LogP contribution in [0.3, 0.4) is 0 Å². The normalized spacial score (nSPS) is 34.7. The van der Waals surface area contributed by atoms with Crippen molar-refractivity contribution < 1.29 is 29.0 Å². The van der Waals surface area contributed by atoms with Crippen LogP contribution in [-0.4, -0.2) is 81.8 Å². The summed E-state index contributed by atoms with van der Waals surface area (Å²) in [6, 6.07) is -1.58. The van der Waals surface area contributed by atoms with E-state index in [4.69, 9.17) is 9.47 Å². The molecular formula is C26H38N2O6. The molecule has 1 N–H and O–H groups in total. The fourth-order valence-corrected chi connectivity index (χ4v) is 6.55. The van der Waals surface area contributed by atoms with Crippen molar-refractivity contribution in [1.29, 1.82) is 0 Å². The molecular weight excluding hydrogens is 436 g/mol. The van der Waals surface area contributed by atoms with E-state index in [1.165, 1.54) is 4.90 Å². The maximum absolute atomic E-state index is 14.3. The first-order valence-electron chi connectivity index (χ1n) is 12.3. The molecule has 8 heteroatoms. The minimum absolute atomic E-state index is 0.0204. The van der Waals surface area contributed by atoms with Crippen molar-refractivity contribution in [2.45, 2.75) is 83.7 Å². The second-order valence-electron chi connectivity index (χ2n) is 11.9. The number of hydrogen-bond acceptors (Lipinski definition) is 6. The molecule has 0 bridgehead atoms. The molecule has 4 aliphatic heterocycles. The van der Waals surface area contributed by atoms with E-state index in [9.17, 15) is 19.5 Å². The third kappa shape index (κ3) is 3.88. The van der Waals surface area contributed by atoms with Crippen molar-refractivity contribution in [3.05, 3.63) is 24.3 Å². The number of aliphatic hydroxyl groups excluding tert-OH is 1. The second-order valence-corrected chi connectivity index (χ2v) is 11.9. The van der Waals surface area contributed by atoms with E-state index >= 15 is 0 Å². The lowest BCUT2D eigenvalue weighted by atomic mass is 9.77. The second kappa shape index (κ2) is 8.48.